The first-order valence-electron chi connectivity index (χ1n) is 6.37. The van der Waals surface area contributed by atoms with E-state index in [4.69, 9.17) is 5.73 Å². The molecule has 4 rings (SSSR count). The molecule has 0 unspecified atom stereocenters. The van der Waals surface area contributed by atoms with Crippen LogP contribution in [-0.4, -0.2) is 19.7 Å². The van der Waals surface area contributed by atoms with Crippen LogP contribution in [0.25, 0.3) is 16.7 Å². The maximum atomic E-state index is 5.85. The van der Waals surface area contributed by atoms with E-state index in [1.165, 1.54) is 12.8 Å². The quantitative estimate of drug-likeness (QED) is 0.709. The van der Waals surface area contributed by atoms with Gasteiger partial charge in [0.05, 0.1) is 11.2 Å². The molecule has 19 heavy (non-hydrogen) atoms. The molecule has 0 atom stereocenters. The maximum Gasteiger partial charge on any atom is 0.164 e. The molecule has 1 fully saturated rings. The summed E-state index contributed by atoms with van der Waals surface area (Å²) in [5.74, 6) is 1.42. The summed E-state index contributed by atoms with van der Waals surface area (Å²) in [5.41, 5.74) is 8.58. The van der Waals surface area contributed by atoms with Gasteiger partial charge >= 0.3 is 0 Å². The van der Waals surface area contributed by atoms with E-state index in [2.05, 4.69) is 21.1 Å². The molecule has 1 aliphatic carbocycles. The molecule has 2 aromatic heterocycles. The van der Waals surface area contributed by atoms with Crippen LogP contribution >= 0.6 is 0 Å². The van der Waals surface area contributed by atoms with Crippen molar-refractivity contribution in [1.82, 2.24) is 19.7 Å². The molecule has 0 amide bonds. The average molecular weight is 251 g/mol. The number of benzene rings is 1. The van der Waals surface area contributed by atoms with Crippen LogP contribution < -0.4 is 5.73 Å². The molecule has 0 aliphatic heterocycles. The first-order chi connectivity index (χ1) is 9.31. The number of aromatic nitrogens is 4. The van der Waals surface area contributed by atoms with Crippen molar-refractivity contribution in [2.45, 2.75) is 18.8 Å². The van der Waals surface area contributed by atoms with Crippen molar-refractivity contribution in [3.8, 4) is 5.82 Å². The summed E-state index contributed by atoms with van der Waals surface area (Å²) in [6.45, 7) is 0. The minimum absolute atomic E-state index is 0.638. The van der Waals surface area contributed by atoms with Gasteiger partial charge in [0.25, 0.3) is 0 Å². The number of fused-ring (bicyclic) bond motifs is 1. The van der Waals surface area contributed by atoms with Crippen molar-refractivity contribution in [2.24, 2.45) is 0 Å². The summed E-state index contributed by atoms with van der Waals surface area (Å²) in [6, 6.07) is 7.71. The van der Waals surface area contributed by atoms with Crippen LogP contribution in [0.4, 0.5) is 5.69 Å². The van der Waals surface area contributed by atoms with Crippen molar-refractivity contribution >= 4 is 16.6 Å². The summed E-state index contributed by atoms with van der Waals surface area (Å²) >= 11 is 0. The molecule has 1 aromatic carbocycles. The van der Waals surface area contributed by atoms with Gasteiger partial charge in [-0.3, -0.25) is 0 Å². The first kappa shape index (κ1) is 10.5. The predicted molar refractivity (Wildman–Crippen MR) is 73.0 cm³/mol. The highest BCUT2D eigenvalue weighted by atomic mass is 15.3. The molecule has 0 saturated heterocycles. The molecule has 5 nitrogen and oxygen atoms in total. The average Bonchev–Trinajstić information content (AvgIpc) is 3.16. The molecule has 0 radical (unpaired) electrons. The fraction of sp³-hybridized carbons (Fsp3) is 0.214. The number of nitrogen functional groups attached to an aromatic ring is 1. The van der Waals surface area contributed by atoms with E-state index in [1.54, 1.807) is 6.33 Å². The molecule has 1 aliphatic rings. The Morgan fingerprint density at radius 3 is 2.89 bits per heavy atom. The third kappa shape index (κ3) is 1.74. The molecule has 3 aromatic rings. The summed E-state index contributed by atoms with van der Waals surface area (Å²) in [7, 11) is 0. The van der Waals surface area contributed by atoms with Crippen molar-refractivity contribution in [3.63, 3.8) is 0 Å². The normalized spacial score (nSPS) is 14.9. The van der Waals surface area contributed by atoms with Gasteiger partial charge in [-0.05, 0) is 37.1 Å². The second-order valence-electron chi connectivity index (χ2n) is 4.93. The van der Waals surface area contributed by atoms with E-state index in [0.29, 0.717) is 11.6 Å². The van der Waals surface area contributed by atoms with Crippen LogP contribution in [0.2, 0.25) is 0 Å². The molecular formula is C14H13N5. The zero-order valence-corrected chi connectivity index (χ0v) is 10.3. The van der Waals surface area contributed by atoms with Crippen LogP contribution in [0.1, 0.15) is 24.5 Å². The van der Waals surface area contributed by atoms with E-state index < -0.39 is 0 Å². The second-order valence-corrected chi connectivity index (χ2v) is 4.93. The predicted octanol–water partition coefficient (Wildman–Crippen LogP) is 2.28. The Labute approximate surface area is 110 Å². The SMILES string of the molecule is Nc1ccc2ncnc(-n3ccc(C4CC4)n3)c2c1. The number of nitrogens with zero attached hydrogens (tertiary/aromatic N) is 4. The molecule has 1 saturated carbocycles. The van der Waals surface area contributed by atoms with Gasteiger partial charge in [0.15, 0.2) is 5.82 Å². The Balaban J connectivity index is 1.90. The fourth-order valence-electron chi connectivity index (χ4n) is 2.30. The zero-order chi connectivity index (χ0) is 12.8. The van der Waals surface area contributed by atoms with Crippen molar-refractivity contribution in [2.75, 3.05) is 5.73 Å². The fourth-order valence-corrected chi connectivity index (χ4v) is 2.30. The minimum atomic E-state index is 0.638. The number of rotatable bonds is 2. The van der Waals surface area contributed by atoms with Gasteiger partial charge in [0.1, 0.15) is 6.33 Å². The summed E-state index contributed by atoms with van der Waals surface area (Å²) in [4.78, 5) is 8.60. The van der Waals surface area contributed by atoms with Crippen LogP contribution in [0.15, 0.2) is 36.8 Å². The lowest BCUT2D eigenvalue weighted by atomic mass is 10.2. The van der Waals surface area contributed by atoms with Gasteiger partial charge in [-0.25, -0.2) is 14.6 Å². The van der Waals surface area contributed by atoms with Crippen molar-refractivity contribution < 1.29 is 0 Å². The first-order valence-corrected chi connectivity index (χ1v) is 6.37. The Kier molecular flexibility index (Phi) is 2.09. The minimum Gasteiger partial charge on any atom is -0.399 e. The van der Waals surface area contributed by atoms with Crippen LogP contribution in [0, 0.1) is 0 Å². The lowest BCUT2D eigenvalue weighted by Gasteiger charge is -2.05. The number of nitrogens with two attached hydrogens (primary N) is 1. The third-order valence-electron chi connectivity index (χ3n) is 3.46. The largest absolute Gasteiger partial charge is 0.399 e. The van der Waals surface area contributed by atoms with E-state index in [9.17, 15) is 0 Å². The molecular weight excluding hydrogens is 238 g/mol. The van der Waals surface area contributed by atoms with Crippen LogP contribution in [-0.2, 0) is 0 Å². The Morgan fingerprint density at radius 1 is 1.16 bits per heavy atom. The van der Waals surface area contributed by atoms with Gasteiger partial charge in [-0.15, -0.1) is 0 Å². The second kappa shape index (κ2) is 3.78. The van der Waals surface area contributed by atoms with E-state index in [-0.39, 0.29) is 0 Å². The number of hydrogen-bond donors (Lipinski definition) is 1. The van der Waals surface area contributed by atoms with Crippen molar-refractivity contribution in [3.05, 3.63) is 42.5 Å². The van der Waals surface area contributed by atoms with Gasteiger partial charge < -0.3 is 5.73 Å². The van der Waals surface area contributed by atoms with Gasteiger partial charge in [-0.1, -0.05) is 0 Å². The summed E-state index contributed by atoms with van der Waals surface area (Å²) < 4.78 is 1.82. The zero-order valence-electron chi connectivity index (χ0n) is 10.3. The lowest BCUT2D eigenvalue weighted by Crippen LogP contribution is -2.01. The van der Waals surface area contributed by atoms with Crippen LogP contribution in [0.3, 0.4) is 0 Å². The third-order valence-corrected chi connectivity index (χ3v) is 3.46. The molecule has 94 valence electrons. The van der Waals surface area contributed by atoms with Crippen LogP contribution in [0.5, 0.6) is 0 Å². The van der Waals surface area contributed by atoms with Crippen molar-refractivity contribution in [1.29, 1.82) is 0 Å². The lowest BCUT2D eigenvalue weighted by molar-refractivity contribution is 0.816. The van der Waals surface area contributed by atoms with Gasteiger partial charge in [-0.2, -0.15) is 5.10 Å². The van der Waals surface area contributed by atoms with E-state index in [1.807, 2.05) is 29.1 Å². The van der Waals surface area contributed by atoms with E-state index >= 15 is 0 Å². The summed E-state index contributed by atoms with van der Waals surface area (Å²) in [6.07, 6.45) is 6.01. The monoisotopic (exact) mass is 251 g/mol. The number of anilines is 1. The highest BCUT2D eigenvalue weighted by molar-refractivity contribution is 5.87. The Bertz CT molecular complexity index is 757. The number of hydrogen-bond acceptors (Lipinski definition) is 4. The van der Waals surface area contributed by atoms with Gasteiger partial charge in [0, 0.05) is 23.2 Å². The topological polar surface area (TPSA) is 69.6 Å². The maximum absolute atomic E-state index is 5.85. The molecule has 5 heteroatoms. The standard InChI is InChI=1S/C14H13N5/c15-10-3-4-13-11(7-10)14(17-8-16-13)19-6-5-12(18-19)9-1-2-9/h3-9H,1-2,15H2. The molecule has 2 N–H and O–H groups in total. The molecule has 0 spiro atoms. The van der Waals surface area contributed by atoms with E-state index in [0.717, 1.165) is 22.4 Å². The highest BCUT2D eigenvalue weighted by Gasteiger charge is 2.26. The smallest absolute Gasteiger partial charge is 0.164 e. The molecule has 2 heterocycles. The van der Waals surface area contributed by atoms with Gasteiger partial charge in [0.2, 0.25) is 0 Å². The Hall–Kier alpha value is -2.43. The molecule has 0 bridgehead atoms. The summed E-state index contributed by atoms with van der Waals surface area (Å²) in [5, 5.41) is 5.53. The Morgan fingerprint density at radius 2 is 2.05 bits per heavy atom. The highest BCUT2D eigenvalue weighted by Crippen LogP contribution is 2.39.